The van der Waals surface area contributed by atoms with E-state index < -0.39 is 6.09 Å². The van der Waals surface area contributed by atoms with E-state index in [0.717, 1.165) is 5.56 Å². The van der Waals surface area contributed by atoms with E-state index in [1.165, 1.54) is 12.3 Å². The number of carbonyl (C=O) groups excluding carboxylic acids is 2. The fraction of sp³-hybridized carbons (Fsp3) is 0.0714. The van der Waals surface area contributed by atoms with E-state index >= 15 is 0 Å². The van der Waals surface area contributed by atoms with Crippen LogP contribution in [-0.2, 0) is 11.3 Å². The molecule has 1 heterocycles. The average molecular weight is 291 g/mol. The number of rotatable bonds is 4. The number of hydrogen-bond acceptors (Lipinski definition) is 4. The Morgan fingerprint density at radius 3 is 2.75 bits per heavy atom. The van der Waals surface area contributed by atoms with Gasteiger partial charge >= 0.3 is 6.09 Å². The second-order valence-corrected chi connectivity index (χ2v) is 4.27. The summed E-state index contributed by atoms with van der Waals surface area (Å²) in [6, 6.07) is 10.7. The van der Waals surface area contributed by atoms with Crippen LogP contribution in [0.5, 0.6) is 0 Å². The normalized spacial score (nSPS) is 9.85. The first-order chi connectivity index (χ1) is 9.70. The summed E-state index contributed by atoms with van der Waals surface area (Å²) in [5, 5.41) is 2.60. The summed E-state index contributed by atoms with van der Waals surface area (Å²) in [6.07, 6.45) is 1.22. The molecule has 0 fully saturated rings. The maximum atomic E-state index is 11.6. The topological polar surface area (TPSA) is 68.3 Å². The van der Waals surface area contributed by atoms with Crippen LogP contribution < -0.4 is 5.32 Å². The summed E-state index contributed by atoms with van der Waals surface area (Å²) >= 11 is 5.82. The van der Waals surface area contributed by atoms with Crippen LogP contribution in [0.4, 0.5) is 10.6 Å². The Labute approximate surface area is 120 Å². The molecule has 2 aromatic rings. The molecule has 1 amide bonds. The van der Waals surface area contributed by atoms with Crippen molar-refractivity contribution in [3.8, 4) is 0 Å². The molecule has 1 N–H and O–H groups in total. The molecule has 0 spiro atoms. The lowest BCUT2D eigenvalue weighted by Gasteiger charge is -2.08. The number of hydrogen-bond donors (Lipinski definition) is 1. The van der Waals surface area contributed by atoms with Crippen LogP contribution in [-0.4, -0.2) is 17.4 Å². The van der Waals surface area contributed by atoms with Gasteiger partial charge in [0.2, 0.25) is 0 Å². The van der Waals surface area contributed by atoms with E-state index in [1.807, 2.05) is 30.3 Å². The third kappa shape index (κ3) is 3.55. The van der Waals surface area contributed by atoms with Gasteiger partial charge < -0.3 is 4.74 Å². The maximum Gasteiger partial charge on any atom is 0.413 e. The number of amides is 1. The predicted octanol–water partition coefficient (Wildman–Crippen LogP) is 3.30. The molecule has 0 saturated heterocycles. The molecule has 0 unspecified atom stereocenters. The summed E-state index contributed by atoms with van der Waals surface area (Å²) in [5.41, 5.74) is 0.975. The zero-order valence-electron chi connectivity index (χ0n) is 10.4. The van der Waals surface area contributed by atoms with Crippen molar-refractivity contribution >= 4 is 29.8 Å². The highest BCUT2D eigenvalue weighted by molar-refractivity contribution is 6.33. The maximum absolute atomic E-state index is 11.6. The van der Waals surface area contributed by atoms with Gasteiger partial charge in [0.25, 0.3) is 0 Å². The lowest BCUT2D eigenvalue weighted by atomic mass is 10.2. The Hall–Kier alpha value is -2.40. The average Bonchev–Trinajstić information content (AvgIpc) is 2.46. The molecule has 102 valence electrons. The van der Waals surface area contributed by atoms with E-state index in [-0.39, 0.29) is 23.0 Å². The third-order valence-electron chi connectivity index (χ3n) is 2.49. The van der Waals surface area contributed by atoms with Gasteiger partial charge in [-0.15, -0.1) is 0 Å². The molecule has 0 radical (unpaired) electrons. The third-order valence-corrected chi connectivity index (χ3v) is 2.82. The minimum atomic E-state index is -0.702. The van der Waals surface area contributed by atoms with Gasteiger partial charge in [0.15, 0.2) is 6.29 Å². The Kier molecular flexibility index (Phi) is 4.68. The second kappa shape index (κ2) is 6.68. The van der Waals surface area contributed by atoms with Gasteiger partial charge in [-0.25, -0.2) is 9.78 Å². The summed E-state index contributed by atoms with van der Waals surface area (Å²) in [4.78, 5) is 26.4. The van der Waals surface area contributed by atoms with Crippen molar-refractivity contribution in [2.45, 2.75) is 6.61 Å². The fourth-order valence-corrected chi connectivity index (χ4v) is 1.71. The smallest absolute Gasteiger partial charge is 0.413 e. The molecule has 1 aromatic carbocycles. The number of halogens is 1. The summed E-state index contributed by atoms with van der Waals surface area (Å²) in [6.45, 7) is 0.129. The number of nitrogens with zero attached hydrogens (tertiary/aromatic N) is 1. The summed E-state index contributed by atoms with van der Waals surface area (Å²) < 4.78 is 5.02. The number of aldehydes is 1. The predicted molar refractivity (Wildman–Crippen MR) is 74.9 cm³/mol. The quantitative estimate of drug-likeness (QED) is 0.877. The van der Waals surface area contributed by atoms with Gasteiger partial charge in [-0.3, -0.25) is 10.1 Å². The number of nitrogens with one attached hydrogen (secondary N) is 1. The van der Waals surface area contributed by atoms with Crippen molar-refractivity contribution in [3.63, 3.8) is 0 Å². The monoisotopic (exact) mass is 290 g/mol. The SMILES string of the molecule is O=Cc1c(Cl)ccnc1NC(=O)OCc1ccccc1. The van der Waals surface area contributed by atoms with Crippen LogP contribution in [0.15, 0.2) is 42.6 Å². The molecule has 6 heteroatoms. The minimum Gasteiger partial charge on any atom is -0.444 e. The Morgan fingerprint density at radius 1 is 1.30 bits per heavy atom. The van der Waals surface area contributed by atoms with Crippen molar-refractivity contribution in [2.75, 3.05) is 5.32 Å². The first-order valence-corrected chi connectivity index (χ1v) is 6.16. The summed E-state index contributed by atoms with van der Waals surface area (Å²) in [5.74, 6) is 0.0746. The van der Waals surface area contributed by atoms with E-state index in [2.05, 4.69) is 10.3 Å². The summed E-state index contributed by atoms with van der Waals surface area (Å²) in [7, 11) is 0. The molecule has 20 heavy (non-hydrogen) atoms. The molecule has 0 aliphatic carbocycles. The number of carbonyl (C=O) groups is 2. The Morgan fingerprint density at radius 2 is 2.05 bits per heavy atom. The number of ether oxygens (including phenoxy) is 1. The molecular formula is C14H11ClN2O3. The largest absolute Gasteiger partial charge is 0.444 e. The van der Waals surface area contributed by atoms with Crippen molar-refractivity contribution < 1.29 is 14.3 Å². The van der Waals surface area contributed by atoms with Crippen LogP contribution in [0.1, 0.15) is 15.9 Å². The van der Waals surface area contributed by atoms with E-state index in [9.17, 15) is 9.59 Å². The van der Waals surface area contributed by atoms with Crippen LogP contribution in [0, 0.1) is 0 Å². The molecule has 0 aliphatic rings. The molecule has 0 atom stereocenters. The number of aromatic nitrogens is 1. The zero-order chi connectivity index (χ0) is 14.4. The van der Waals surface area contributed by atoms with Gasteiger partial charge in [0, 0.05) is 6.20 Å². The molecule has 0 saturated carbocycles. The zero-order valence-corrected chi connectivity index (χ0v) is 11.1. The molecule has 0 bridgehead atoms. The van der Waals surface area contributed by atoms with Crippen LogP contribution in [0.3, 0.4) is 0 Å². The van der Waals surface area contributed by atoms with E-state index in [1.54, 1.807) is 0 Å². The van der Waals surface area contributed by atoms with E-state index in [0.29, 0.717) is 6.29 Å². The number of pyridine rings is 1. The lowest BCUT2D eigenvalue weighted by molar-refractivity contribution is 0.112. The van der Waals surface area contributed by atoms with Crippen molar-refractivity contribution in [1.82, 2.24) is 4.98 Å². The van der Waals surface area contributed by atoms with Crippen LogP contribution >= 0.6 is 11.6 Å². The van der Waals surface area contributed by atoms with Gasteiger partial charge in [0.05, 0.1) is 10.6 Å². The van der Waals surface area contributed by atoms with Crippen molar-refractivity contribution in [3.05, 3.63) is 58.7 Å². The number of anilines is 1. The van der Waals surface area contributed by atoms with Gasteiger partial charge in [-0.2, -0.15) is 0 Å². The molecule has 5 nitrogen and oxygen atoms in total. The van der Waals surface area contributed by atoms with Gasteiger partial charge in [0.1, 0.15) is 12.4 Å². The standard InChI is InChI=1S/C14H11ClN2O3/c15-12-6-7-16-13(11(12)8-18)17-14(19)20-9-10-4-2-1-3-5-10/h1-8H,9H2,(H,16,17,19). The van der Waals surface area contributed by atoms with Crippen LogP contribution in [0.2, 0.25) is 5.02 Å². The first-order valence-electron chi connectivity index (χ1n) is 5.78. The van der Waals surface area contributed by atoms with Crippen molar-refractivity contribution in [2.24, 2.45) is 0 Å². The fourth-order valence-electron chi connectivity index (χ4n) is 1.52. The Bertz CT molecular complexity index is 617. The highest BCUT2D eigenvalue weighted by Crippen LogP contribution is 2.19. The van der Waals surface area contributed by atoms with Gasteiger partial charge in [-0.05, 0) is 11.6 Å². The first kappa shape index (κ1) is 14.0. The highest BCUT2D eigenvalue weighted by atomic mass is 35.5. The highest BCUT2D eigenvalue weighted by Gasteiger charge is 2.11. The minimum absolute atomic E-state index is 0.0746. The lowest BCUT2D eigenvalue weighted by Crippen LogP contribution is -2.15. The molecule has 1 aromatic heterocycles. The van der Waals surface area contributed by atoms with Crippen LogP contribution in [0.25, 0.3) is 0 Å². The Balaban J connectivity index is 1.98. The molecule has 0 aliphatic heterocycles. The van der Waals surface area contributed by atoms with Gasteiger partial charge in [-0.1, -0.05) is 41.9 Å². The van der Waals surface area contributed by atoms with Crippen molar-refractivity contribution in [1.29, 1.82) is 0 Å². The molecule has 2 rings (SSSR count). The molecular weight excluding hydrogens is 280 g/mol. The second-order valence-electron chi connectivity index (χ2n) is 3.86. The number of benzene rings is 1. The van der Waals surface area contributed by atoms with E-state index in [4.69, 9.17) is 16.3 Å².